The van der Waals surface area contributed by atoms with Gasteiger partial charge in [0.15, 0.2) is 5.82 Å². The number of hydrogen-bond acceptors (Lipinski definition) is 7. The number of nitrogen functional groups attached to an aromatic ring is 1. The second kappa shape index (κ2) is 7.18. The third kappa shape index (κ3) is 3.04. The number of carbonyl (C=O) groups is 1. The molecule has 3 aromatic heterocycles. The van der Waals surface area contributed by atoms with Crippen LogP contribution in [0.3, 0.4) is 0 Å². The van der Waals surface area contributed by atoms with Crippen LogP contribution in [0.25, 0.3) is 16.7 Å². The molecule has 3 heterocycles. The first-order chi connectivity index (χ1) is 14.3. The first-order valence-electron chi connectivity index (χ1n) is 9.40. The number of rotatable bonds is 4. The molecule has 0 spiro atoms. The number of phenolic OH excluding ortho intramolecular Hbond substituents is 1. The van der Waals surface area contributed by atoms with Crippen LogP contribution < -0.4 is 11.1 Å². The Morgan fingerprint density at radius 3 is 2.70 bits per heavy atom. The molecule has 1 aromatic carbocycles. The van der Waals surface area contributed by atoms with Crippen molar-refractivity contribution < 1.29 is 14.4 Å². The molecule has 0 atom stereocenters. The number of amides is 1. The monoisotopic (exact) mass is 406 g/mol. The summed E-state index contributed by atoms with van der Waals surface area (Å²) in [6.07, 6.45) is 1.20. The number of aryl methyl sites for hydroxylation is 3. The number of aromatic hydroxyl groups is 1. The van der Waals surface area contributed by atoms with Gasteiger partial charge in [0.25, 0.3) is 5.91 Å². The van der Waals surface area contributed by atoms with E-state index in [2.05, 4.69) is 15.5 Å². The van der Waals surface area contributed by atoms with Crippen LogP contribution in [-0.2, 0) is 6.54 Å². The van der Waals surface area contributed by atoms with Gasteiger partial charge in [0, 0.05) is 16.6 Å². The van der Waals surface area contributed by atoms with Crippen LogP contribution >= 0.6 is 0 Å². The normalized spacial score (nSPS) is 11.2. The Labute approximate surface area is 172 Å². The Morgan fingerprint density at radius 2 is 2.00 bits per heavy atom. The molecule has 1 amide bonds. The molecule has 4 aromatic rings. The molecule has 0 saturated carbocycles. The number of carbonyl (C=O) groups excluding carboxylic acids is 1. The molecule has 0 aliphatic carbocycles. The van der Waals surface area contributed by atoms with E-state index in [0.29, 0.717) is 33.7 Å². The number of phenols is 1. The minimum Gasteiger partial charge on any atom is -0.508 e. The number of nitrogens with zero attached hydrogens (tertiary/aromatic N) is 4. The van der Waals surface area contributed by atoms with Gasteiger partial charge in [0.05, 0.1) is 17.8 Å². The van der Waals surface area contributed by atoms with Gasteiger partial charge in [-0.25, -0.2) is 4.98 Å². The number of pyridine rings is 1. The maximum Gasteiger partial charge on any atom is 0.256 e. The zero-order chi connectivity index (χ0) is 21.6. The fraction of sp³-hybridized carbons (Fsp3) is 0.238. The third-order valence-corrected chi connectivity index (χ3v) is 5.29. The van der Waals surface area contributed by atoms with E-state index in [1.807, 2.05) is 26.8 Å². The van der Waals surface area contributed by atoms with E-state index in [9.17, 15) is 9.90 Å². The zero-order valence-electron chi connectivity index (χ0n) is 17.1. The molecule has 0 aliphatic heterocycles. The predicted octanol–water partition coefficient (Wildman–Crippen LogP) is 2.86. The molecule has 9 nitrogen and oxygen atoms in total. The highest BCUT2D eigenvalue weighted by Gasteiger charge is 2.25. The quantitative estimate of drug-likeness (QED) is 0.475. The molecular weight excluding hydrogens is 384 g/mol. The lowest BCUT2D eigenvalue weighted by Crippen LogP contribution is -2.24. The lowest BCUT2D eigenvalue weighted by Gasteiger charge is -2.15. The van der Waals surface area contributed by atoms with E-state index in [1.165, 1.54) is 6.39 Å². The zero-order valence-corrected chi connectivity index (χ0v) is 17.1. The van der Waals surface area contributed by atoms with Crippen LogP contribution in [0.4, 0.5) is 5.82 Å². The van der Waals surface area contributed by atoms with Crippen LogP contribution in [0, 0.1) is 27.7 Å². The molecule has 0 radical (unpaired) electrons. The fourth-order valence-corrected chi connectivity index (χ4v) is 3.56. The van der Waals surface area contributed by atoms with Gasteiger partial charge in [0.2, 0.25) is 6.39 Å². The molecular formula is C21H22N6O3. The SMILES string of the molecule is Cc1cc2c(C(=O)NCc3ncon3)c(N)n(-c3c(C)ccc(O)c3C)c2nc1C. The molecule has 0 bridgehead atoms. The lowest BCUT2D eigenvalue weighted by molar-refractivity contribution is 0.0952. The summed E-state index contributed by atoms with van der Waals surface area (Å²) < 4.78 is 6.43. The maximum absolute atomic E-state index is 13.1. The Balaban J connectivity index is 1.94. The second-order valence-electron chi connectivity index (χ2n) is 7.26. The van der Waals surface area contributed by atoms with Crippen molar-refractivity contribution in [2.45, 2.75) is 34.2 Å². The van der Waals surface area contributed by atoms with Crippen LogP contribution in [0.15, 0.2) is 29.1 Å². The number of hydrogen-bond donors (Lipinski definition) is 3. The van der Waals surface area contributed by atoms with E-state index in [4.69, 9.17) is 15.2 Å². The predicted molar refractivity (Wildman–Crippen MR) is 112 cm³/mol. The number of aromatic nitrogens is 4. The van der Waals surface area contributed by atoms with Gasteiger partial charge in [-0.15, -0.1) is 0 Å². The topological polar surface area (TPSA) is 132 Å². The smallest absolute Gasteiger partial charge is 0.256 e. The summed E-state index contributed by atoms with van der Waals surface area (Å²) in [5, 5.41) is 17.4. The minimum absolute atomic E-state index is 0.101. The van der Waals surface area contributed by atoms with E-state index in [1.54, 1.807) is 23.6 Å². The second-order valence-corrected chi connectivity index (χ2v) is 7.26. The number of fused-ring (bicyclic) bond motifs is 1. The van der Waals surface area contributed by atoms with Gasteiger partial charge < -0.3 is 20.7 Å². The summed E-state index contributed by atoms with van der Waals surface area (Å²) >= 11 is 0. The molecule has 0 saturated heterocycles. The summed E-state index contributed by atoms with van der Waals surface area (Å²) in [7, 11) is 0. The lowest BCUT2D eigenvalue weighted by atomic mass is 10.1. The summed E-state index contributed by atoms with van der Waals surface area (Å²) in [6, 6.07) is 5.35. The summed E-state index contributed by atoms with van der Waals surface area (Å²) in [4.78, 5) is 21.7. The molecule has 0 aliphatic rings. The average molecular weight is 406 g/mol. The van der Waals surface area contributed by atoms with Crippen LogP contribution in [0.2, 0.25) is 0 Å². The Morgan fingerprint density at radius 1 is 1.23 bits per heavy atom. The van der Waals surface area contributed by atoms with E-state index in [-0.39, 0.29) is 24.0 Å². The highest BCUT2D eigenvalue weighted by Crippen LogP contribution is 2.36. The highest BCUT2D eigenvalue weighted by molar-refractivity contribution is 6.11. The molecule has 9 heteroatoms. The molecule has 0 unspecified atom stereocenters. The van der Waals surface area contributed by atoms with Gasteiger partial charge >= 0.3 is 0 Å². The Bertz CT molecular complexity index is 1270. The largest absolute Gasteiger partial charge is 0.508 e. The van der Waals surface area contributed by atoms with Crippen molar-refractivity contribution in [1.29, 1.82) is 0 Å². The minimum atomic E-state index is -0.374. The fourth-order valence-electron chi connectivity index (χ4n) is 3.56. The van der Waals surface area contributed by atoms with Gasteiger partial charge in [-0.05, 0) is 51.0 Å². The van der Waals surface area contributed by atoms with Crippen molar-refractivity contribution in [1.82, 2.24) is 25.0 Å². The summed E-state index contributed by atoms with van der Waals surface area (Å²) in [5.74, 6) is 0.366. The Kier molecular flexibility index (Phi) is 4.65. The first-order valence-corrected chi connectivity index (χ1v) is 9.40. The molecule has 4 rings (SSSR count). The Hall–Kier alpha value is -3.88. The molecule has 4 N–H and O–H groups in total. The average Bonchev–Trinajstić information content (AvgIpc) is 3.31. The van der Waals surface area contributed by atoms with Gasteiger partial charge in [-0.2, -0.15) is 4.98 Å². The molecule has 0 fully saturated rings. The van der Waals surface area contributed by atoms with E-state index >= 15 is 0 Å². The van der Waals surface area contributed by atoms with Crippen LogP contribution in [-0.4, -0.2) is 30.7 Å². The third-order valence-electron chi connectivity index (χ3n) is 5.29. The number of nitrogens with one attached hydrogen (secondary N) is 1. The van der Waals surface area contributed by atoms with Crippen molar-refractivity contribution in [3.8, 4) is 11.4 Å². The number of benzene rings is 1. The van der Waals surface area contributed by atoms with Gasteiger partial charge in [0.1, 0.15) is 17.2 Å². The first kappa shape index (κ1) is 19.4. The van der Waals surface area contributed by atoms with Gasteiger partial charge in [-0.3, -0.25) is 9.36 Å². The van der Waals surface area contributed by atoms with Crippen LogP contribution in [0.1, 0.15) is 38.6 Å². The summed E-state index contributed by atoms with van der Waals surface area (Å²) in [6.45, 7) is 7.66. The highest BCUT2D eigenvalue weighted by atomic mass is 16.5. The molecule has 154 valence electrons. The maximum atomic E-state index is 13.1. The van der Waals surface area contributed by atoms with Crippen LogP contribution in [0.5, 0.6) is 5.75 Å². The van der Waals surface area contributed by atoms with Crippen molar-refractivity contribution >= 4 is 22.8 Å². The van der Waals surface area contributed by atoms with Gasteiger partial charge in [-0.1, -0.05) is 11.2 Å². The van der Waals surface area contributed by atoms with Crippen molar-refractivity contribution in [3.05, 3.63) is 58.4 Å². The van der Waals surface area contributed by atoms with E-state index < -0.39 is 0 Å². The van der Waals surface area contributed by atoms with E-state index in [0.717, 1.165) is 16.8 Å². The molecule has 30 heavy (non-hydrogen) atoms. The number of nitrogens with two attached hydrogens (primary N) is 1. The summed E-state index contributed by atoms with van der Waals surface area (Å²) in [5.41, 5.74) is 11.4. The standard InChI is InChI=1S/C21H22N6O3/c1-10-5-6-15(28)12(3)18(10)27-19(22)17(14-7-11(2)13(4)25-20(14)27)21(29)23-8-16-24-9-30-26-16/h5-7,9,28H,8,22H2,1-4H3,(H,23,29). The van der Waals surface area contributed by atoms with Crippen molar-refractivity contribution in [2.75, 3.05) is 5.73 Å². The number of anilines is 1. The van der Waals surface area contributed by atoms with Crippen molar-refractivity contribution in [2.24, 2.45) is 0 Å². The van der Waals surface area contributed by atoms with Crippen molar-refractivity contribution in [3.63, 3.8) is 0 Å².